The van der Waals surface area contributed by atoms with E-state index in [0.29, 0.717) is 9.88 Å². The summed E-state index contributed by atoms with van der Waals surface area (Å²) in [7, 11) is -2.99. The second-order valence-corrected chi connectivity index (χ2v) is 6.53. The molecule has 0 aliphatic heterocycles. The lowest BCUT2D eigenvalue weighted by atomic mass is 10.4. The van der Waals surface area contributed by atoms with Gasteiger partial charge in [-0.1, -0.05) is 19.2 Å². The third-order valence-electron chi connectivity index (χ3n) is 2.78. The van der Waals surface area contributed by atoms with Gasteiger partial charge in [0.15, 0.2) is 0 Å². The van der Waals surface area contributed by atoms with Crippen LogP contribution in [0.5, 0.6) is 0 Å². The van der Waals surface area contributed by atoms with Gasteiger partial charge in [-0.05, 0) is 6.08 Å². The van der Waals surface area contributed by atoms with Crippen molar-refractivity contribution in [1.29, 1.82) is 0 Å². The molecule has 0 saturated carbocycles. The van der Waals surface area contributed by atoms with Crippen molar-refractivity contribution in [3.63, 3.8) is 0 Å². The van der Waals surface area contributed by atoms with Gasteiger partial charge in [0.05, 0.1) is 24.6 Å². The van der Waals surface area contributed by atoms with Crippen molar-refractivity contribution in [2.75, 3.05) is 0 Å². The van der Waals surface area contributed by atoms with E-state index in [2.05, 4.69) is 33.3 Å². The van der Waals surface area contributed by atoms with Crippen LogP contribution in [-0.2, 0) is 17.4 Å². The van der Waals surface area contributed by atoms with Crippen LogP contribution in [0.25, 0.3) is 10.8 Å². The molecular formula is C14H13F2N5O3S2. The highest BCUT2D eigenvalue weighted by Gasteiger charge is 2.19. The van der Waals surface area contributed by atoms with Gasteiger partial charge in [0.2, 0.25) is 10.9 Å². The smallest absolute Gasteiger partial charge is 0.314 e. The molecule has 12 heteroatoms. The molecule has 0 unspecified atom stereocenters. The van der Waals surface area contributed by atoms with Crippen LogP contribution >= 0.6 is 11.3 Å². The van der Waals surface area contributed by atoms with E-state index in [0.717, 1.165) is 15.6 Å². The van der Waals surface area contributed by atoms with Crippen molar-refractivity contribution in [3.05, 3.63) is 54.3 Å². The quantitative estimate of drug-likeness (QED) is 0.394. The number of alkyl halides is 2. The van der Waals surface area contributed by atoms with E-state index in [1.54, 1.807) is 0 Å². The van der Waals surface area contributed by atoms with Crippen molar-refractivity contribution in [2.45, 2.75) is 13.0 Å². The predicted octanol–water partition coefficient (Wildman–Crippen LogP) is 2.74. The minimum atomic E-state index is -2.99. The molecule has 138 valence electrons. The molecule has 2 aromatic heterocycles. The second kappa shape index (κ2) is 9.10. The summed E-state index contributed by atoms with van der Waals surface area (Å²) in [5.41, 5.74) is 0.230. The fourth-order valence-corrected chi connectivity index (χ4v) is 3.18. The number of nitrogens with zero attached hydrogens (tertiary/aromatic N) is 5. The molecule has 0 bridgehead atoms. The SMILES string of the molecule is C=C/C=N\C=C(/C=C)N(Cc1ncc(-c2nnc(C(F)F)o2)s1)[SH](=O)=O. The second-order valence-electron chi connectivity index (χ2n) is 4.45. The molecule has 0 spiro atoms. The Morgan fingerprint density at radius 1 is 1.42 bits per heavy atom. The molecule has 2 aromatic rings. The number of aromatic nitrogens is 3. The minimum Gasteiger partial charge on any atom is -0.414 e. The molecule has 26 heavy (non-hydrogen) atoms. The lowest BCUT2D eigenvalue weighted by Gasteiger charge is -2.16. The fourth-order valence-electron chi connectivity index (χ4n) is 1.68. The third-order valence-corrected chi connectivity index (χ3v) is 4.52. The Labute approximate surface area is 153 Å². The largest absolute Gasteiger partial charge is 0.414 e. The van der Waals surface area contributed by atoms with E-state index in [1.807, 2.05) is 0 Å². The Bertz CT molecular complexity index is 909. The van der Waals surface area contributed by atoms with E-state index in [4.69, 9.17) is 4.42 Å². The van der Waals surface area contributed by atoms with Crippen LogP contribution in [0.15, 0.2) is 52.8 Å². The number of rotatable bonds is 9. The Balaban J connectivity index is 2.23. The van der Waals surface area contributed by atoms with Crippen molar-refractivity contribution in [3.8, 4) is 10.8 Å². The number of thiazole rings is 1. The summed E-state index contributed by atoms with van der Waals surface area (Å²) in [6, 6.07) is 0. The van der Waals surface area contributed by atoms with Gasteiger partial charge in [0.1, 0.15) is 9.88 Å². The highest BCUT2D eigenvalue weighted by Crippen LogP contribution is 2.28. The average molecular weight is 401 g/mol. The van der Waals surface area contributed by atoms with E-state index in [-0.39, 0.29) is 18.1 Å². The van der Waals surface area contributed by atoms with Crippen molar-refractivity contribution >= 4 is 28.4 Å². The summed E-state index contributed by atoms with van der Waals surface area (Å²) < 4.78 is 54.0. The molecule has 0 amide bonds. The van der Waals surface area contributed by atoms with Crippen LogP contribution in [0.1, 0.15) is 17.3 Å². The number of allylic oxidation sites excluding steroid dienone is 2. The number of aliphatic imine (C=N–C) groups is 1. The number of hydrogen-bond acceptors (Lipinski definition) is 8. The first-order chi connectivity index (χ1) is 12.5. The maximum atomic E-state index is 12.5. The number of thiol groups is 1. The normalized spacial score (nSPS) is 12.2. The number of hydrogen-bond donors (Lipinski definition) is 1. The zero-order valence-corrected chi connectivity index (χ0v) is 14.9. The van der Waals surface area contributed by atoms with Gasteiger partial charge in [0, 0.05) is 6.21 Å². The molecule has 0 aliphatic rings. The highest BCUT2D eigenvalue weighted by atomic mass is 32.2. The van der Waals surface area contributed by atoms with Crippen molar-refractivity contribution < 1.29 is 21.6 Å². The van der Waals surface area contributed by atoms with Gasteiger partial charge in [0.25, 0.3) is 11.8 Å². The van der Waals surface area contributed by atoms with Gasteiger partial charge >= 0.3 is 6.43 Å². The summed E-state index contributed by atoms with van der Waals surface area (Å²) >= 11 is 1.04. The van der Waals surface area contributed by atoms with Gasteiger partial charge in [-0.2, -0.15) is 8.78 Å². The number of halogens is 2. The molecule has 0 aromatic carbocycles. The Hall–Kier alpha value is -2.73. The Kier molecular flexibility index (Phi) is 6.86. The summed E-state index contributed by atoms with van der Waals surface area (Å²) in [6.07, 6.45) is 3.92. The third kappa shape index (κ3) is 4.89. The average Bonchev–Trinajstić information content (AvgIpc) is 3.26. The predicted molar refractivity (Wildman–Crippen MR) is 93.2 cm³/mol. The molecule has 0 aliphatic carbocycles. The van der Waals surface area contributed by atoms with Crippen LogP contribution in [0.2, 0.25) is 0 Å². The molecule has 0 radical (unpaired) electrons. The molecular weight excluding hydrogens is 388 g/mol. The summed E-state index contributed by atoms with van der Waals surface area (Å²) in [5, 5.41) is 7.14. The van der Waals surface area contributed by atoms with Crippen molar-refractivity contribution in [2.24, 2.45) is 4.99 Å². The highest BCUT2D eigenvalue weighted by molar-refractivity contribution is 7.70. The molecule has 8 nitrogen and oxygen atoms in total. The Morgan fingerprint density at radius 3 is 2.77 bits per heavy atom. The molecule has 2 heterocycles. The fraction of sp³-hybridized carbons (Fsp3) is 0.143. The van der Waals surface area contributed by atoms with Gasteiger partial charge < -0.3 is 4.42 Å². The summed E-state index contributed by atoms with van der Waals surface area (Å²) in [4.78, 5) is 8.27. The van der Waals surface area contributed by atoms with E-state index in [9.17, 15) is 17.2 Å². The zero-order chi connectivity index (χ0) is 19.1. The Morgan fingerprint density at radius 2 is 2.19 bits per heavy atom. The summed E-state index contributed by atoms with van der Waals surface area (Å²) in [6.45, 7) is 6.92. The maximum absolute atomic E-state index is 12.5. The lowest BCUT2D eigenvalue weighted by molar-refractivity contribution is 0.116. The maximum Gasteiger partial charge on any atom is 0.314 e. The van der Waals surface area contributed by atoms with E-state index in [1.165, 1.54) is 30.8 Å². The van der Waals surface area contributed by atoms with Gasteiger partial charge in [-0.3, -0.25) is 9.30 Å². The standard InChI is InChI=1S/C14H13F2N5O3S2/c1-3-5-17-6-9(4-2)21(26(22)23)8-11-18-7-10(25-11)13-19-20-14(24-13)12(15)16/h3-7,12,26H,1-2,8H2/b9-6+,17-5-. The van der Waals surface area contributed by atoms with Gasteiger partial charge in [-0.15, -0.1) is 21.5 Å². The first-order valence-electron chi connectivity index (χ1n) is 6.91. The van der Waals surface area contributed by atoms with Crippen molar-refractivity contribution in [1.82, 2.24) is 19.5 Å². The van der Waals surface area contributed by atoms with E-state index >= 15 is 0 Å². The first kappa shape index (κ1) is 19.6. The minimum absolute atomic E-state index is 0.0966. The van der Waals surface area contributed by atoms with Gasteiger partial charge in [-0.25, -0.2) is 13.4 Å². The molecule has 0 saturated heterocycles. The zero-order valence-electron chi connectivity index (χ0n) is 13.2. The van der Waals surface area contributed by atoms with E-state index < -0.39 is 23.2 Å². The lowest BCUT2D eigenvalue weighted by Crippen LogP contribution is -2.19. The van der Waals surface area contributed by atoms with Crippen LogP contribution in [0.4, 0.5) is 8.78 Å². The molecule has 0 atom stereocenters. The summed E-state index contributed by atoms with van der Waals surface area (Å²) in [5.74, 6) is -0.909. The van der Waals surface area contributed by atoms with Crippen LogP contribution in [0.3, 0.4) is 0 Å². The molecule has 0 N–H and O–H groups in total. The first-order valence-corrected chi connectivity index (χ1v) is 8.86. The van der Waals surface area contributed by atoms with Crippen LogP contribution in [0, 0.1) is 0 Å². The van der Waals surface area contributed by atoms with Crippen LogP contribution in [-0.4, -0.2) is 34.1 Å². The topological polar surface area (TPSA) is 102 Å². The molecule has 2 rings (SSSR count). The monoisotopic (exact) mass is 401 g/mol. The molecule has 0 fully saturated rings. The van der Waals surface area contributed by atoms with Crippen LogP contribution < -0.4 is 0 Å².